The van der Waals surface area contributed by atoms with Gasteiger partial charge in [-0.25, -0.2) is 4.98 Å². The number of aryl methyl sites for hydroxylation is 1. The Balaban J connectivity index is 1.99. The first-order valence-electron chi connectivity index (χ1n) is 7.82. The van der Waals surface area contributed by atoms with Gasteiger partial charge in [0.2, 0.25) is 0 Å². The van der Waals surface area contributed by atoms with Gasteiger partial charge in [-0.2, -0.15) is 9.50 Å². The van der Waals surface area contributed by atoms with Gasteiger partial charge in [0.1, 0.15) is 10.7 Å². The van der Waals surface area contributed by atoms with E-state index >= 15 is 0 Å². The quantitative estimate of drug-likeness (QED) is 0.720. The second-order valence-corrected chi connectivity index (χ2v) is 7.95. The average Bonchev–Trinajstić information content (AvgIpc) is 2.98. The lowest BCUT2D eigenvalue weighted by atomic mass is 9.94. The van der Waals surface area contributed by atoms with Crippen molar-refractivity contribution in [2.45, 2.75) is 59.4 Å². The van der Waals surface area contributed by atoms with Gasteiger partial charge in [0, 0.05) is 11.3 Å². The number of ether oxygens (including phenoxy) is 2. The second-order valence-electron chi connectivity index (χ2n) is 6.86. The first kappa shape index (κ1) is 14.8. The van der Waals surface area contributed by atoms with Crippen molar-refractivity contribution >= 4 is 27.2 Å². The summed E-state index contributed by atoms with van der Waals surface area (Å²) in [5, 5.41) is 5.56. The van der Waals surface area contributed by atoms with Crippen LogP contribution >= 0.6 is 11.3 Å². The molecule has 0 saturated heterocycles. The van der Waals surface area contributed by atoms with Gasteiger partial charge >= 0.3 is 6.01 Å². The number of nitrogens with zero attached hydrogens (tertiary/aromatic N) is 4. The third-order valence-corrected chi connectivity index (χ3v) is 5.09. The van der Waals surface area contributed by atoms with Crippen LogP contribution in [0, 0.1) is 6.92 Å². The first-order chi connectivity index (χ1) is 10.8. The van der Waals surface area contributed by atoms with Crippen LogP contribution in [0.5, 0.6) is 6.01 Å². The Labute approximate surface area is 138 Å². The zero-order valence-electron chi connectivity index (χ0n) is 14.0. The number of aromatic nitrogens is 4. The maximum Gasteiger partial charge on any atom is 0.336 e. The molecule has 23 heavy (non-hydrogen) atoms. The van der Waals surface area contributed by atoms with Crippen LogP contribution in [-0.2, 0) is 17.8 Å². The van der Waals surface area contributed by atoms with Crippen molar-refractivity contribution in [3.63, 3.8) is 0 Å². The Bertz CT molecular complexity index is 910. The van der Waals surface area contributed by atoms with Crippen molar-refractivity contribution in [1.29, 1.82) is 0 Å². The lowest BCUT2D eigenvalue weighted by molar-refractivity contribution is -0.0379. The lowest BCUT2D eigenvalue weighted by Crippen LogP contribution is -2.31. The summed E-state index contributed by atoms with van der Waals surface area (Å²) in [6.07, 6.45) is 0.899. The maximum atomic E-state index is 5.94. The van der Waals surface area contributed by atoms with Crippen molar-refractivity contribution in [1.82, 2.24) is 19.6 Å². The van der Waals surface area contributed by atoms with Gasteiger partial charge < -0.3 is 9.47 Å². The van der Waals surface area contributed by atoms with Crippen molar-refractivity contribution in [2.24, 2.45) is 0 Å². The zero-order chi connectivity index (χ0) is 16.4. The predicted molar refractivity (Wildman–Crippen MR) is 89.2 cm³/mol. The molecule has 0 aromatic carbocycles. The smallest absolute Gasteiger partial charge is 0.336 e. The molecule has 0 amide bonds. The van der Waals surface area contributed by atoms with Crippen molar-refractivity contribution in [3.8, 4) is 6.01 Å². The molecule has 1 aliphatic rings. The largest absolute Gasteiger partial charge is 0.460 e. The van der Waals surface area contributed by atoms with Crippen molar-refractivity contribution < 1.29 is 9.47 Å². The molecule has 0 fully saturated rings. The van der Waals surface area contributed by atoms with Crippen LogP contribution in [0.15, 0.2) is 0 Å². The number of hydrogen-bond donors (Lipinski definition) is 0. The van der Waals surface area contributed by atoms with Crippen molar-refractivity contribution in [2.75, 3.05) is 0 Å². The molecule has 0 radical (unpaired) electrons. The summed E-state index contributed by atoms with van der Waals surface area (Å²) in [6, 6.07) is 0.406. The number of rotatable bonds is 2. The molecule has 0 spiro atoms. The molecule has 3 aromatic rings. The Morgan fingerprint density at radius 2 is 2.09 bits per heavy atom. The van der Waals surface area contributed by atoms with Gasteiger partial charge in [-0.1, -0.05) is 0 Å². The van der Waals surface area contributed by atoms with Gasteiger partial charge in [-0.15, -0.1) is 16.4 Å². The molecule has 0 bridgehead atoms. The standard InChI is InChI=1S/C16H20N4O2S/c1-8(2)22-15-18-13-12-10-6-16(4,5)21-7-11(10)23-14(12)17-9(3)20(13)19-15/h8H,6-7H2,1-5H3. The SMILES string of the molecule is Cc1nc2sc3c(c2c2nc(OC(C)C)nn12)CC(C)(C)OC3. The van der Waals surface area contributed by atoms with Gasteiger partial charge in [0.15, 0.2) is 5.65 Å². The topological polar surface area (TPSA) is 61.5 Å². The normalized spacial score (nSPS) is 17.1. The fourth-order valence-electron chi connectivity index (χ4n) is 2.98. The first-order valence-corrected chi connectivity index (χ1v) is 8.64. The summed E-state index contributed by atoms with van der Waals surface area (Å²) in [7, 11) is 0. The molecule has 7 heteroatoms. The molecule has 0 aliphatic carbocycles. The highest BCUT2D eigenvalue weighted by molar-refractivity contribution is 7.19. The Morgan fingerprint density at radius 1 is 1.30 bits per heavy atom. The van der Waals surface area contributed by atoms with Crippen LogP contribution in [0.2, 0.25) is 0 Å². The minimum atomic E-state index is -0.167. The molecule has 3 aromatic heterocycles. The van der Waals surface area contributed by atoms with Gasteiger partial charge in [-0.3, -0.25) is 0 Å². The van der Waals surface area contributed by atoms with E-state index in [-0.39, 0.29) is 11.7 Å². The fraction of sp³-hybridized carbons (Fsp3) is 0.562. The molecule has 122 valence electrons. The monoisotopic (exact) mass is 332 g/mol. The highest BCUT2D eigenvalue weighted by Crippen LogP contribution is 2.40. The van der Waals surface area contributed by atoms with E-state index in [2.05, 4.69) is 23.9 Å². The zero-order valence-corrected chi connectivity index (χ0v) is 14.8. The van der Waals surface area contributed by atoms with Crippen LogP contribution in [0.25, 0.3) is 15.9 Å². The molecule has 0 unspecified atom stereocenters. The van der Waals surface area contributed by atoms with Crippen LogP contribution in [-0.4, -0.2) is 31.3 Å². The molecule has 0 N–H and O–H groups in total. The van der Waals surface area contributed by atoms with E-state index in [9.17, 15) is 0 Å². The highest BCUT2D eigenvalue weighted by Gasteiger charge is 2.31. The highest BCUT2D eigenvalue weighted by atomic mass is 32.1. The molecule has 4 heterocycles. The van der Waals surface area contributed by atoms with Gasteiger partial charge in [0.25, 0.3) is 0 Å². The number of fused-ring (bicyclic) bond motifs is 5. The minimum absolute atomic E-state index is 0.0416. The minimum Gasteiger partial charge on any atom is -0.460 e. The lowest BCUT2D eigenvalue weighted by Gasteiger charge is -2.30. The maximum absolute atomic E-state index is 5.94. The molecule has 0 atom stereocenters. The third-order valence-electron chi connectivity index (χ3n) is 3.99. The molecule has 1 aliphatic heterocycles. The van der Waals surface area contributed by atoms with E-state index < -0.39 is 0 Å². The van der Waals surface area contributed by atoms with Crippen LogP contribution < -0.4 is 4.74 Å². The molecule has 4 rings (SSSR count). The molecule has 0 saturated carbocycles. The Morgan fingerprint density at radius 3 is 2.83 bits per heavy atom. The summed E-state index contributed by atoms with van der Waals surface area (Å²) in [5.41, 5.74) is 1.96. The average molecular weight is 332 g/mol. The van der Waals surface area contributed by atoms with Crippen LogP contribution in [0.4, 0.5) is 0 Å². The summed E-state index contributed by atoms with van der Waals surface area (Å²) in [5.74, 6) is 0.817. The summed E-state index contributed by atoms with van der Waals surface area (Å²) in [4.78, 5) is 11.6. The summed E-state index contributed by atoms with van der Waals surface area (Å²) in [6.45, 7) is 10.8. The second kappa shape index (κ2) is 4.88. The van der Waals surface area contributed by atoms with E-state index in [1.54, 1.807) is 15.9 Å². The van der Waals surface area contributed by atoms with Crippen LogP contribution in [0.3, 0.4) is 0 Å². The summed E-state index contributed by atoms with van der Waals surface area (Å²) < 4.78 is 13.4. The van der Waals surface area contributed by atoms with Gasteiger partial charge in [-0.05, 0) is 40.2 Å². The molecular formula is C16H20N4O2S. The predicted octanol–water partition coefficient (Wildman–Crippen LogP) is 3.29. The fourth-order valence-corrected chi connectivity index (χ4v) is 4.13. The Kier molecular flexibility index (Phi) is 3.15. The number of thiophene rings is 1. The summed E-state index contributed by atoms with van der Waals surface area (Å²) >= 11 is 1.69. The van der Waals surface area contributed by atoms with Crippen molar-refractivity contribution in [3.05, 3.63) is 16.3 Å². The van der Waals surface area contributed by atoms with E-state index in [0.717, 1.165) is 28.1 Å². The molecule has 6 nitrogen and oxygen atoms in total. The van der Waals surface area contributed by atoms with E-state index in [4.69, 9.17) is 14.5 Å². The van der Waals surface area contributed by atoms with Gasteiger partial charge in [0.05, 0.1) is 23.7 Å². The third kappa shape index (κ3) is 2.38. The van der Waals surface area contributed by atoms with Crippen LogP contribution in [0.1, 0.15) is 44.0 Å². The van der Waals surface area contributed by atoms with E-state index in [0.29, 0.717) is 12.6 Å². The molecular weight excluding hydrogens is 312 g/mol. The van der Waals surface area contributed by atoms with E-state index in [1.807, 2.05) is 20.8 Å². The van der Waals surface area contributed by atoms with E-state index in [1.165, 1.54) is 10.4 Å². The number of hydrogen-bond acceptors (Lipinski definition) is 6. The Hall–Kier alpha value is -1.73.